The lowest BCUT2D eigenvalue weighted by molar-refractivity contribution is 0.718. The van der Waals surface area contributed by atoms with Crippen LogP contribution in [0.15, 0.2) is 60.7 Å². The molecule has 0 saturated carbocycles. The molecule has 0 aliphatic carbocycles. The van der Waals surface area contributed by atoms with E-state index in [2.05, 4.69) is 24.3 Å². The maximum absolute atomic E-state index is 15.0. The van der Waals surface area contributed by atoms with Gasteiger partial charge < -0.3 is 4.11 Å². The number of hydrogen-bond donors (Lipinski definition) is 0. The maximum atomic E-state index is 15.0. The van der Waals surface area contributed by atoms with Crippen molar-refractivity contribution in [3.63, 3.8) is 0 Å². The topological polar surface area (TPSA) is 0 Å². The van der Waals surface area contributed by atoms with Crippen LogP contribution in [-0.4, -0.2) is 8.41 Å². The smallest absolute Gasteiger partial charge is 0.247 e. The molecule has 2 aromatic rings. The van der Waals surface area contributed by atoms with Crippen molar-refractivity contribution >= 4 is 8.41 Å². The maximum Gasteiger partial charge on any atom is 0.247 e. The molecule has 0 saturated heterocycles. The minimum absolute atomic E-state index is 0.189. The largest absolute Gasteiger partial charge is 0.314 e. The van der Waals surface area contributed by atoms with Gasteiger partial charge in [-0.2, -0.15) is 0 Å². The summed E-state index contributed by atoms with van der Waals surface area (Å²) < 4.78 is 15.0. The second-order valence-electron chi connectivity index (χ2n) is 5.44. The second-order valence-corrected chi connectivity index (χ2v) is 9.56. The van der Waals surface area contributed by atoms with Crippen LogP contribution in [0.3, 0.4) is 0 Å². The van der Waals surface area contributed by atoms with Gasteiger partial charge >= 0.3 is 0 Å². The van der Waals surface area contributed by atoms with Crippen molar-refractivity contribution in [3.05, 3.63) is 71.8 Å². The average molecular weight is 286 g/mol. The standard InChI is InChI=1S/C18H23FSi/c1-3-20(19,4-2)15-18(16-11-7-5-8-12-16)17-13-9-6-10-14-17/h5-14,18H,3-4,15H2,1-2H3. The molecular formula is C18H23FSi. The molecule has 20 heavy (non-hydrogen) atoms. The van der Waals surface area contributed by atoms with E-state index in [0.29, 0.717) is 18.1 Å². The minimum Gasteiger partial charge on any atom is -0.314 e. The van der Waals surface area contributed by atoms with Gasteiger partial charge in [0.15, 0.2) is 0 Å². The Morgan fingerprint density at radius 1 is 0.800 bits per heavy atom. The lowest BCUT2D eigenvalue weighted by Crippen LogP contribution is -2.29. The van der Waals surface area contributed by atoms with Crippen molar-refractivity contribution < 1.29 is 4.11 Å². The summed E-state index contributed by atoms with van der Waals surface area (Å²) in [6.45, 7) is 4.01. The van der Waals surface area contributed by atoms with Gasteiger partial charge in [-0.05, 0) is 29.3 Å². The number of rotatable bonds is 6. The van der Waals surface area contributed by atoms with Gasteiger partial charge in [0.1, 0.15) is 0 Å². The van der Waals surface area contributed by atoms with E-state index in [1.807, 2.05) is 50.2 Å². The first kappa shape index (κ1) is 15.0. The molecular weight excluding hydrogens is 263 g/mol. The third-order valence-electron chi connectivity index (χ3n) is 4.24. The quantitative estimate of drug-likeness (QED) is 0.467. The average Bonchev–Trinajstić information content (AvgIpc) is 2.54. The Bertz CT molecular complexity index is 466. The normalized spacial score (nSPS) is 11.8. The Morgan fingerprint density at radius 2 is 1.20 bits per heavy atom. The molecule has 2 rings (SSSR count). The molecule has 2 heteroatoms. The third kappa shape index (κ3) is 3.57. The van der Waals surface area contributed by atoms with Crippen LogP contribution in [0.2, 0.25) is 18.1 Å². The molecule has 0 radical (unpaired) electrons. The number of halogens is 1. The van der Waals surface area contributed by atoms with Crippen LogP contribution in [0, 0.1) is 0 Å². The van der Waals surface area contributed by atoms with Crippen LogP contribution in [0.25, 0.3) is 0 Å². The van der Waals surface area contributed by atoms with E-state index >= 15 is 4.11 Å². The van der Waals surface area contributed by atoms with Crippen LogP contribution in [0.4, 0.5) is 4.11 Å². The first-order chi connectivity index (χ1) is 9.68. The molecule has 0 aliphatic rings. The molecule has 0 nitrogen and oxygen atoms in total. The molecule has 0 aliphatic heterocycles. The lowest BCUT2D eigenvalue weighted by Gasteiger charge is -2.26. The SMILES string of the molecule is CC[Si](F)(CC)CC(c1ccccc1)c1ccccc1. The molecule has 0 atom stereocenters. The van der Waals surface area contributed by atoms with Crippen LogP contribution in [-0.2, 0) is 0 Å². The van der Waals surface area contributed by atoms with Crippen molar-refractivity contribution in [2.45, 2.75) is 37.9 Å². The second kappa shape index (κ2) is 6.85. The van der Waals surface area contributed by atoms with Crippen LogP contribution < -0.4 is 0 Å². The summed E-state index contributed by atoms with van der Waals surface area (Å²) in [6, 6.07) is 22.8. The Balaban J connectivity index is 2.35. The first-order valence-corrected chi connectivity index (χ1v) is 9.97. The van der Waals surface area contributed by atoms with Crippen molar-refractivity contribution in [1.29, 1.82) is 0 Å². The monoisotopic (exact) mass is 286 g/mol. The zero-order chi connectivity index (χ0) is 14.4. The summed E-state index contributed by atoms with van der Waals surface area (Å²) in [5, 5.41) is 0. The van der Waals surface area contributed by atoms with E-state index < -0.39 is 8.41 Å². The molecule has 0 heterocycles. The van der Waals surface area contributed by atoms with Crippen LogP contribution >= 0.6 is 0 Å². The molecule has 0 fully saturated rings. The van der Waals surface area contributed by atoms with E-state index in [4.69, 9.17) is 0 Å². The van der Waals surface area contributed by atoms with Crippen LogP contribution in [0.1, 0.15) is 30.9 Å². The first-order valence-electron chi connectivity index (χ1n) is 7.47. The van der Waals surface area contributed by atoms with E-state index in [0.717, 1.165) is 0 Å². The van der Waals surface area contributed by atoms with E-state index in [-0.39, 0.29) is 5.92 Å². The van der Waals surface area contributed by atoms with E-state index in [1.54, 1.807) is 0 Å². The summed E-state index contributed by atoms with van der Waals surface area (Å²) in [6.07, 6.45) is 0. The summed E-state index contributed by atoms with van der Waals surface area (Å²) >= 11 is 0. The van der Waals surface area contributed by atoms with Gasteiger partial charge in [-0.25, -0.2) is 0 Å². The van der Waals surface area contributed by atoms with Crippen molar-refractivity contribution in [2.24, 2.45) is 0 Å². The van der Waals surface area contributed by atoms with Crippen LogP contribution in [0.5, 0.6) is 0 Å². The molecule has 0 spiro atoms. The van der Waals surface area contributed by atoms with Crippen molar-refractivity contribution in [1.82, 2.24) is 0 Å². The van der Waals surface area contributed by atoms with Gasteiger partial charge in [0.25, 0.3) is 0 Å². The Labute approximate surface area is 122 Å². The fraction of sp³-hybridized carbons (Fsp3) is 0.333. The van der Waals surface area contributed by atoms with Gasteiger partial charge in [0.05, 0.1) is 0 Å². The van der Waals surface area contributed by atoms with Crippen molar-refractivity contribution in [3.8, 4) is 0 Å². The minimum atomic E-state index is -2.63. The third-order valence-corrected chi connectivity index (χ3v) is 7.92. The zero-order valence-corrected chi connectivity index (χ0v) is 13.4. The summed E-state index contributed by atoms with van der Waals surface area (Å²) in [7, 11) is -2.63. The Kier molecular flexibility index (Phi) is 5.13. The summed E-state index contributed by atoms with van der Waals surface area (Å²) in [5.74, 6) is 0.189. The van der Waals surface area contributed by atoms with Gasteiger partial charge in [-0.15, -0.1) is 0 Å². The molecule has 2 aromatic carbocycles. The fourth-order valence-electron chi connectivity index (χ4n) is 2.70. The molecule has 0 unspecified atom stereocenters. The molecule has 0 aromatic heterocycles. The molecule has 106 valence electrons. The lowest BCUT2D eigenvalue weighted by atomic mass is 9.93. The molecule has 0 bridgehead atoms. The zero-order valence-electron chi connectivity index (χ0n) is 12.4. The predicted molar refractivity (Wildman–Crippen MR) is 87.4 cm³/mol. The van der Waals surface area contributed by atoms with E-state index in [1.165, 1.54) is 11.1 Å². The van der Waals surface area contributed by atoms with E-state index in [9.17, 15) is 0 Å². The van der Waals surface area contributed by atoms with Gasteiger partial charge in [-0.1, -0.05) is 74.5 Å². The number of hydrogen-bond acceptors (Lipinski definition) is 0. The fourth-order valence-corrected chi connectivity index (χ4v) is 4.98. The number of benzene rings is 2. The molecule has 0 N–H and O–H groups in total. The highest BCUT2D eigenvalue weighted by molar-refractivity contribution is 6.73. The van der Waals surface area contributed by atoms with Gasteiger partial charge in [0.2, 0.25) is 8.41 Å². The summed E-state index contributed by atoms with van der Waals surface area (Å²) in [5.41, 5.74) is 2.46. The van der Waals surface area contributed by atoms with Crippen molar-refractivity contribution in [2.75, 3.05) is 0 Å². The highest BCUT2D eigenvalue weighted by Gasteiger charge is 2.34. The predicted octanol–water partition coefficient (Wildman–Crippen LogP) is 5.77. The Hall–Kier alpha value is -1.41. The molecule has 0 amide bonds. The summed E-state index contributed by atoms with van der Waals surface area (Å²) in [4.78, 5) is 0. The highest BCUT2D eigenvalue weighted by Crippen LogP contribution is 2.36. The highest BCUT2D eigenvalue weighted by atomic mass is 28.4. The van der Waals surface area contributed by atoms with Gasteiger partial charge in [0, 0.05) is 5.92 Å². The van der Waals surface area contributed by atoms with Gasteiger partial charge in [-0.3, -0.25) is 0 Å². The Morgan fingerprint density at radius 3 is 1.55 bits per heavy atom.